The molecule has 1 N–H and O–H groups in total. The molecule has 0 aliphatic carbocycles. The zero-order valence-corrected chi connectivity index (χ0v) is 16.6. The van der Waals surface area contributed by atoms with E-state index in [0.717, 1.165) is 11.3 Å². The van der Waals surface area contributed by atoms with Gasteiger partial charge in [0.25, 0.3) is 5.56 Å². The van der Waals surface area contributed by atoms with Gasteiger partial charge in [-0.25, -0.2) is 4.68 Å². The summed E-state index contributed by atoms with van der Waals surface area (Å²) in [7, 11) is 3.13. The Hall–Kier alpha value is -3.61. The third-order valence-electron chi connectivity index (χ3n) is 4.56. The molecule has 3 rings (SSSR count). The summed E-state index contributed by atoms with van der Waals surface area (Å²) in [6.45, 7) is 1.83. The lowest BCUT2D eigenvalue weighted by Gasteiger charge is -2.18. The van der Waals surface area contributed by atoms with Crippen LogP contribution in [0.2, 0.25) is 0 Å². The minimum absolute atomic E-state index is 0.335. The highest BCUT2D eigenvalue weighted by molar-refractivity contribution is 5.95. The molecule has 0 saturated carbocycles. The van der Waals surface area contributed by atoms with Crippen LogP contribution in [-0.2, 0) is 4.79 Å². The number of aromatic nitrogens is 2. The largest absolute Gasteiger partial charge is 0.497 e. The summed E-state index contributed by atoms with van der Waals surface area (Å²) >= 11 is 0. The number of ether oxygens (including phenoxy) is 2. The number of amides is 1. The quantitative estimate of drug-likeness (QED) is 0.664. The van der Waals surface area contributed by atoms with Gasteiger partial charge in [0.15, 0.2) is 0 Å². The fraction of sp³-hybridized carbons (Fsp3) is 0.227. The second-order valence-electron chi connectivity index (χ2n) is 6.34. The van der Waals surface area contributed by atoms with Crippen LogP contribution >= 0.6 is 0 Å². The molecule has 150 valence electrons. The van der Waals surface area contributed by atoms with Gasteiger partial charge >= 0.3 is 0 Å². The third kappa shape index (κ3) is 4.45. The van der Waals surface area contributed by atoms with Crippen molar-refractivity contribution >= 4 is 11.6 Å². The van der Waals surface area contributed by atoms with E-state index in [9.17, 15) is 9.59 Å². The summed E-state index contributed by atoms with van der Waals surface area (Å²) in [6, 6.07) is 16.8. The molecule has 0 fully saturated rings. The Balaban J connectivity index is 1.92. The first-order valence-corrected chi connectivity index (χ1v) is 9.25. The van der Waals surface area contributed by atoms with E-state index >= 15 is 0 Å². The van der Waals surface area contributed by atoms with Gasteiger partial charge in [-0.05, 0) is 48.9 Å². The molecule has 0 aliphatic heterocycles. The Morgan fingerprint density at radius 2 is 1.76 bits per heavy atom. The second kappa shape index (κ2) is 9.05. The molecule has 0 bridgehead atoms. The van der Waals surface area contributed by atoms with Gasteiger partial charge in [0.05, 0.1) is 25.6 Å². The highest BCUT2D eigenvalue weighted by Gasteiger charge is 2.22. The normalized spacial score (nSPS) is 11.6. The highest BCUT2D eigenvalue weighted by Crippen LogP contribution is 2.25. The van der Waals surface area contributed by atoms with Crippen LogP contribution in [0.4, 0.5) is 5.69 Å². The molecule has 1 atom stereocenters. The summed E-state index contributed by atoms with van der Waals surface area (Å²) in [6.07, 6.45) is 0.403. The Bertz CT molecular complexity index is 1040. The van der Waals surface area contributed by atoms with Crippen molar-refractivity contribution in [2.75, 3.05) is 19.5 Å². The molecule has 0 unspecified atom stereocenters. The van der Waals surface area contributed by atoms with E-state index in [0.29, 0.717) is 23.6 Å². The van der Waals surface area contributed by atoms with Gasteiger partial charge in [0, 0.05) is 11.6 Å². The molecular weight excluding hydrogens is 370 g/mol. The Morgan fingerprint density at radius 3 is 2.41 bits per heavy atom. The molecule has 2 aromatic carbocycles. The van der Waals surface area contributed by atoms with Crippen LogP contribution in [0.5, 0.6) is 11.5 Å². The lowest BCUT2D eigenvalue weighted by atomic mass is 10.1. The fourth-order valence-corrected chi connectivity index (χ4v) is 3.00. The van der Waals surface area contributed by atoms with Crippen molar-refractivity contribution < 1.29 is 14.3 Å². The molecule has 29 heavy (non-hydrogen) atoms. The lowest BCUT2D eigenvalue weighted by Crippen LogP contribution is -2.34. The monoisotopic (exact) mass is 393 g/mol. The number of hydrogen-bond acceptors (Lipinski definition) is 5. The summed E-state index contributed by atoms with van der Waals surface area (Å²) in [5.74, 6) is 0.936. The van der Waals surface area contributed by atoms with Crippen molar-refractivity contribution in [3.63, 3.8) is 0 Å². The van der Waals surface area contributed by atoms with Gasteiger partial charge in [0.2, 0.25) is 5.91 Å². The molecule has 7 heteroatoms. The van der Waals surface area contributed by atoms with Crippen LogP contribution in [0, 0.1) is 0 Å². The zero-order valence-electron chi connectivity index (χ0n) is 16.6. The first-order chi connectivity index (χ1) is 14.1. The molecule has 0 radical (unpaired) electrons. The highest BCUT2D eigenvalue weighted by atomic mass is 16.5. The summed E-state index contributed by atoms with van der Waals surface area (Å²) < 4.78 is 11.7. The maximum Gasteiger partial charge on any atom is 0.267 e. The van der Waals surface area contributed by atoms with Gasteiger partial charge in [0.1, 0.15) is 17.5 Å². The number of carbonyl (C=O) groups is 1. The van der Waals surface area contributed by atoms with Gasteiger partial charge in [-0.2, -0.15) is 5.10 Å². The predicted octanol–water partition coefficient (Wildman–Crippen LogP) is 3.52. The van der Waals surface area contributed by atoms with E-state index in [1.54, 1.807) is 31.4 Å². The first-order valence-electron chi connectivity index (χ1n) is 9.25. The summed E-state index contributed by atoms with van der Waals surface area (Å²) in [5.41, 5.74) is 1.61. The number of nitrogens with one attached hydrogen (secondary N) is 1. The maximum absolute atomic E-state index is 12.9. The average Bonchev–Trinajstić information content (AvgIpc) is 2.76. The van der Waals surface area contributed by atoms with Crippen LogP contribution in [-0.4, -0.2) is 29.9 Å². The molecule has 1 aromatic heterocycles. The molecule has 0 aliphatic rings. The smallest absolute Gasteiger partial charge is 0.267 e. The summed E-state index contributed by atoms with van der Waals surface area (Å²) in [5, 5.41) is 7.28. The number of methoxy groups -OCH3 is 2. The van der Waals surface area contributed by atoms with E-state index < -0.39 is 6.04 Å². The maximum atomic E-state index is 12.9. The minimum atomic E-state index is -0.759. The second-order valence-corrected chi connectivity index (χ2v) is 6.34. The fourth-order valence-electron chi connectivity index (χ4n) is 3.00. The van der Waals surface area contributed by atoms with Gasteiger partial charge in [-0.15, -0.1) is 0 Å². The minimum Gasteiger partial charge on any atom is -0.497 e. The van der Waals surface area contributed by atoms with Crippen molar-refractivity contribution in [2.45, 2.75) is 19.4 Å². The van der Waals surface area contributed by atoms with E-state index in [1.165, 1.54) is 17.9 Å². The number of para-hydroxylation sites is 2. The molecular formula is C22H23N3O4. The van der Waals surface area contributed by atoms with Crippen LogP contribution in [0.15, 0.2) is 65.5 Å². The molecule has 0 saturated heterocycles. The number of rotatable bonds is 7. The zero-order chi connectivity index (χ0) is 20.8. The topological polar surface area (TPSA) is 82.4 Å². The van der Waals surface area contributed by atoms with E-state index in [-0.39, 0.29) is 11.5 Å². The van der Waals surface area contributed by atoms with E-state index in [4.69, 9.17) is 9.47 Å². The van der Waals surface area contributed by atoms with E-state index in [2.05, 4.69) is 10.4 Å². The number of hydrogen-bond donors (Lipinski definition) is 1. The Morgan fingerprint density at radius 1 is 1.03 bits per heavy atom. The van der Waals surface area contributed by atoms with Crippen LogP contribution in [0.25, 0.3) is 11.3 Å². The molecule has 1 heterocycles. The molecule has 3 aromatic rings. The van der Waals surface area contributed by atoms with Crippen molar-refractivity contribution in [1.82, 2.24) is 9.78 Å². The van der Waals surface area contributed by atoms with Crippen LogP contribution < -0.4 is 20.3 Å². The van der Waals surface area contributed by atoms with Crippen LogP contribution in [0.1, 0.15) is 19.4 Å². The van der Waals surface area contributed by atoms with Crippen molar-refractivity contribution in [2.24, 2.45) is 0 Å². The molecule has 0 spiro atoms. The lowest BCUT2D eigenvalue weighted by molar-refractivity contribution is -0.119. The third-order valence-corrected chi connectivity index (χ3v) is 4.56. The van der Waals surface area contributed by atoms with Crippen LogP contribution in [0.3, 0.4) is 0 Å². The van der Waals surface area contributed by atoms with Crippen molar-refractivity contribution in [3.8, 4) is 22.8 Å². The number of nitrogens with zero attached hydrogens (tertiary/aromatic N) is 2. The SMILES string of the molecule is CC[C@@H](C(=O)Nc1ccccc1OC)n1nc(-c2ccc(OC)cc2)ccc1=O. The number of benzene rings is 2. The Kier molecular flexibility index (Phi) is 6.29. The Labute approximate surface area is 168 Å². The first kappa shape index (κ1) is 20.1. The van der Waals surface area contributed by atoms with Gasteiger partial charge in [-0.3, -0.25) is 9.59 Å². The number of anilines is 1. The van der Waals surface area contributed by atoms with Crippen molar-refractivity contribution in [3.05, 3.63) is 71.0 Å². The standard InChI is InChI=1S/C22H23N3O4/c1-4-19(22(27)23-18-7-5-6-8-20(18)29-3)25-21(26)14-13-17(24-25)15-9-11-16(28-2)12-10-15/h5-14,19H,4H2,1-3H3,(H,23,27)/t19-/m0/s1. The predicted molar refractivity (Wildman–Crippen MR) is 111 cm³/mol. The number of carbonyl (C=O) groups excluding carboxylic acids is 1. The van der Waals surface area contributed by atoms with Gasteiger partial charge < -0.3 is 14.8 Å². The summed E-state index contributed by atoms with van der Waals surface area (Å²) in [4.78, 5) is 25.4. The molecule has 7 nitrogen and oxygen atoms in total. The van der Waals surface area contributed by atoms with Gasteiger partial charge in [-0.1, -0.05) is 19.1 Å². The average molecular weight is 393 g/mol. The van der Waals surface area contributed by atoms with E-state index in [1.807, 2.05) is 37.3 Å². The van der Waals surface area contributed by atoms with Crippen molar-refractivity contribution in [1.29, 1.82) is 0 Å². The molecule has 1 amide bonds.